The third-order valence-corrected chi connectivity index (χ3v) is 4.43. The van der Waals surface area contributed by atoms with E-state index in [0.29, 0.717) is 21.2 Å². The van der Waals surface area contributed by atoms with E-state index >= 15 is 0 Å². The molecule has 3 rings (SSSR count). The maximum absolute atomic E-state index is 13.6. The van der Waals surface area contributed by atoms with Gasteiger partial charge < -0.3 is 5.73 Å². The van der Waals surface area contributed by atoms with Crippen LogP contribution in [0.1, 0.15) is 0 Å². The zero-order valence-electron chi connectivity index (χ0n) is 10.2. The van der Waals surface area contributed by atoms with Crippen LogP contribution in [0.4, 0.5) is 14.7 Å². The van der Waals surface area contributed by atoms with Gasteiger partial charge in [-0.3, -0.25) is 4.57 Å². The first-order valence-electron chi connectivity index (χ1n) is 5.66. The second-order valence-electron chi connectivity index (χ2n) is 4.28. The lowest BCUT2D eigenvalue weighted by atomic mass is 10.2. The molecule has 21 heavy (non-hydrogen) atoms. The average molecular weight is 437 g/mol. The average Bonchev–Trinajstić information content (AvgIpc) is 2.66. The summed E-state index contributed by atoms with van der Waals surface area (Å²) in [6.07, 6.45) is 0. The highest BCUT2D eigenvalue weighted by Crippen LogP contribution is 2.35. The topological polar surface area (TPSA) is 43.8 Å². The number of fused-ring (bicyclic) bond motifs is 1. The lowest BCUT2D eigenvalue weighted by Crippen LogP contribution is -2.03. The van der Waals surface area contributed by atoms with E-state index in [9.17, 15) is 8.78 Å². The Labute approximate surface area is 140 Å². The monoisotopic (exact) mass is 435 g/mol. The molecular formula is C13H6Br2ClF2N3. The van der Waals surface area contributed by atoms with Gasteiger partial charge in [-0.05, 0) is 50.1 Å². The maximum Gasteiger partial charge on any atom is 0.206 e. The van der Waals surface area contributed by atoms with Gasteiger partial charge in [0.25, 0.3) is 0 Å². The number of nitrogens with two attached hydrogens (primary N) is 1. The lowest BCUT2D eigenvalue weighted by Gasteiger charge is -2.11. The van der Waals surface area contributed by atoms with E-state index in [2.05, 4.69) is 36.8 Å². The van der Waals surface area contributed by atoms with Crippen molar-refractivity contribution in [1.29, 1.82) is 0 Å². The standard InChI is InChI=1S/C13H6Br2ClF2N3/c14-6-3-11-10(4-9(6)18)20-13(19)21(11)12-7(15)1-5(17)2-8(12)16/h1-4H,(H2,19,20). The summed E-state index contributed by atoms with van der Waals surface area (Å²) in [6.45, 7) is 0. The molecule has 3 aromatic rings. The predicted octanol–water partition coefficient (Wildman–Crippen LogP) is 5.06. The highest BCUT2D eigenvalue weighted by molar-refractivity contribution is 9.10. The molecular weight excluding hydrogens is 431 g/mol. The summed E-state index contributed by atoms with van der Waals surface area (Å²) in [5.74, 6) is -0.807. The van der Waals surface area contributed by atoms with Gasteiger partial charge in [0.1, 0.15) is 11.6 Å². The van der Waals surface area contributed by atoms with Crippen molar-refractivity contribution >= 4 is 60.4 Å². The minimum absolute atomic E-state index is 0.122. The van der Waals surface area contributed by atoms with Crippen LogP contribution in [0.25, 0.3) is 16.7 Å². The van der Waals surface area contributed by atoms with Crippen molar-refractivity contribution in [2.75, 3.05) is 5.73 Å². The van der Waals surface area contributed by atoms with Crippen LogP contribution < -0.4 is 5.73 Å². The number of hydrogen-bond donors (Lipinski definition) is 1. The molecule has 0 aliphatic rings. The van der Waals surface area contributed by atoms with Crippen molar-refractivity contribution in [1.82, 2.24) is 9.55 Å². The molecule has 1 heterocycles. The fourth-order valence-corrected chi connectivity index (χ4v) is 3.42. The van der Waals surface area contributed by atoms with Gasteiger partial charge in [0.15, 0.2) is 0 Å². The predicted molar refractivity (Wildman–Crippen MR) is 85.8 cm³/mol. The van der Waals surface area contributed by atoms with Crippen LogP contribution >= 0.6 is 43.5 Å². The Morgan fingerprint density at radius 2 is 1.81 bits per heavy atom. The van der Waals surface area contributed by atoms with E-state index in [1.54, 1.807) is 6.07 Å². The molecule has 0 spiro atoms. The van der Waals surface area contributed by atoms with Crippen molar-refractivity contribution in [3.8, 4) is 5.69 Å². The van der Waals surface area contributed by atoms with Crippen molar-refractivity contribution in [2.45, 2.75) is 0 Å². The highest BCUT2D eigenvalue weighted by Gasteiger charge is 2.18. The van der Waals surface area contributed by atoms with Crippen molar-refractivity contribution < 1.29 is 8.78 Å². The molecule has 0 saturated heterocycles. The van der Waals surface area contributed by atoms with E-state index in [1.807, 2.05) is 0 Å². The summed E-state index contributed by atoms with van der Waals surface area (Å²) >= 11 is 12.5. The van der Waals surface area contributed by atoms with Gasteiger partial charge in [-0.25, -0.2) is 13.8 Å². The van der Waals surface area contributed by atoms with Gasteiger partial charge in [-0.2, -0.15) is 0 Å². The Bertz CT molecular complexity index is 856. The fourth-order valence-electron chi connectivity index (χ4n) is 2.07. The number of imidazole rings is 1. The first-order chi connectivity index (χ1) is 9.88. The molecule has 0 radical (unpaired) electrons. The van der Waals surface area contributed by atoms with Crippen LogP contribution in [0, 0.1) is 11.6 Å². The molecule has 2 N–H and O–H groups in total. The van der Waals surface area contributed by atoms with E-state index in [1.165, 1.54) is 22.8 Å². The second kappa shape index (κ2) is 5.23. The van der Waals surface area contributed by atoms with E-state index in [4.69, 9.17) is 17.3 Å². The number of nitrogen functional groups attached to an aromatic ring is 1. The fraction of sp³-hybridized carbons (Fsp3) is 0. The smallest absolute Gasteiger partial charge is 0.206 e. The molecule has 108 valence electrons. The third-order valence-electron chi connectivity index (χ3n) is 2.93. The Kier molecular flexibility index (Phi) is 3.67. The maximum atomic E-state index is 13.6. The normalized spacial score (nSPS) is 11.3. The molecule has 8 heteroatoms. The Morgan fingerprint density at radius 3 is 2.48 bits per heavy atom. The number of benzene rings is 2. The van der Waals surface area contributed by atoms with Crippen LogP contribution in [-0.4, -0.2) is 9.55 Å². The minimum Gasteiger partial charge on any atom is -0.369 e. The molecule has 0 atom stereocenters. The van der Waals surface area contributed by atoms with Crippen LogP contribution in [0.2, 0.25) is 5.02 Å². The summed E-state index contributed by atoms with van der Waals surface area (Å²) in [5.41, 5.74) is 7.27. The number of aromatic nitrogens is 2. The summed E-state index contributed by atoms with van der Waals surface area (Å²) in [6, 6.07) is 5.24. The number of anilines is 1. The lowest BCUT2D eigenvalue weighted by molar-refractivity contribution is 0.623. The molecule has 0 amide bonds. The van der Waals surface area contributed by atoms with E-state index in [0.717, 1.165) is 0 Å². The van der Waals surface area contributed by atoms with E-state index in [-0.39, 0.29) is 15.4 Å². The van der Waals surface area contributed by atoms with E-state index < -0.39 is 11.6 Å². The van der Waals surface area contributed by atoms with Crippen molar-refractivity contribution in [2.24, 2.45) is 0 Å². The first-order valence-corrected chi connectivity index (χ1v) is 7.62. The molecule has 0 aliphatic heterocycles. The zero-order valence-corrected chi connectivity index (χ0v) is 14.1. The molecule has 0 bridgehead atoms. The van der Waals surface area contributed by atoms with Gasteiger partial charge in [0.05, 0.1) is 26.2 Å². The largest absolute Gasteiger partial charge is 0.369 e. The quantitative estimate of drug-likeness (QED) is 0.578. The number of nitrogens with zero attached hydrogens (tertiary/aromatic N) is 2. The molecule has 0 saturated carbocycles. The number of rotatable bonds is 1. The van der Waals surface area contributed by atoms with Crippen molar-refractivity contribution in [3.05, 3.63) is 49.9 Å². The van der Waals surface area contributed by atoms with Crippen LogP contribution in [0.5, 0.6) is 0 Å². The SMILES string of the molecule is Nc1nc2cc(F)c(Br)cc2n1-c1c(Cl)cc(F)cc1Br. The van der Waals surface area contributed by atoms with Gasteiger partial charge in [-0.1, -0.05) is 11.6 Å². The number of hydrogen-bond acceptors (Lipinski definition) is 2. The molecule has 0 aliphatic carbocycles. The van der Waals surface area contributed by atoms with Crippen LogP contribution in [-0.2, 0) is 0 Å². The van der Waals surface area contributed by atoms with Crippen LogP contribution in [0.3, 0.4) is 0 Å². The third kappa shape index (κ3) is 2.43. The zero-order chi connectivity index (χ0) is 15.3. The second-order valence-corrected chi connectivity index (χ2v) is 6.39. The minimum atomic E-state index is -0.481. The molecule has 2 aromatic carbocycles. The summed E-state index contributed by atoms with van der Waals surface area (Å²) in [5, 5.41) is 0.160. The van der Waals surface area contributed by atoms with Gasteiger partial charge in [0.2, 0.25) is 5.95 Å². The molecule has 0 fully saturated rings. The van der Waals surface area contributed by atoms with Gasteiger partial charge >= 0.3 is 0 Å². The van der Waals surface area contributed by atoms with Crippen molar-refractivity contribution in [3.63, 3.8) is 0 Å². The van der Waals surface area contributed by atoms with Crippen LogP contribution in [0.15, 0.2) is 33.2 Å². The summed E-state index contributed by atoms with van der Waals surface area (Å²) in [4.78, 5) is 4.10. The Morgan fingerprint density at radius 1 is 1.10 bits per heavy atom. The summed E-state index contributed by atoms with van der Waals surface area (Å²) in [7, 11) is 0. The Hall–Kier alpha value is -1.18. The van der Waals surface area contributed by atoms with Gasteiger partial charge in [0, 0.05) is 10.5 Å². The molecule has 0 unspecified atom stereocenters. The van der Waals surface area contributed by atoms with Gasteiger partial charge in [-0.15, -0.1) is 0 Å². The molecule has 3 nitrogen and oxygen atoms in total. The first kappa shape index (κ1) is 14.7. The Balaban J connectivity index is 2.41. The summed E-state index contributed by atoms with van der Waals surface area (Å²) < 4.78 is 29.2. The number of halogens is 5. The highest BCUT2D eigenvalue weighted by atomic mass is 79.9. The molecule has 1 aromatic heterocycles.